The van der Waals surface area contributed by atoms with Crippen LogP contribution in [0.4, 0.5) is 14.5 Å². The largest absolute Gasteiger partial charge is 0.493 e. The van der Waals surface area contributed by atoms with Crippen LogP contribution in [0.15, 0.2) is 42.5 Å². The molecule has 0 bridgehead atoms. The van der Waals surface area contributed by atoms with E-state index in [1.165, 1.54) is 18.7 Å². The summed E-state index contributed by atoms with van der Waals surface area (Å²) in [4.78, 5) is 14.4. The van der Waals surface area contributed by atoms with Crippen molar-refractivity contribution in [3.8, 4) is 11.5 Å². The van der Waals surface area contributed by atoms with Gasteiger partial charge in [-0.3, -0.25) is 4.79 Å². The van der Waals surface area contributed by atoms with E-state index in [9.17, 15) is 13.6 Å². The highest BCUT2D eigenvalue weighted by molar-refractivity contribution is 5.81. The van der Waals surface area contributed by atoms with Crippen molar-refractivity contribution >= 4 is 11.6 Å². The molecule has 0 aromatic heterocycles. The summed E-state index contributed by atoms with van der Waals surface area (Å²) in [6, 6.07) is 12.7. The van der Waals surface area contributed by atoms with Crippen LogP contribution in [0.3, 0.4) is 0 Å². The van der Waals surface area contributed by atoms with E-state index in [1.807, 2.05) is 18.2 Å². The predicted molar refractivity (Wildman–Crippen MR) is 98.4 cm³/mol. The maximum atomic E-state index is 12.4. The van der Waals surface area contributed by atoms with Crippen LogP contribution in [0.5, 0.6) is 11.5 Å². The Labute approximate surface area is 156 Å². The van der Waals surface area contributed by atoms with Crippen molar-refractivity contribution in [3.05, 3.63) is 53.6 Å². The van der Waals surface area contributed by atoms with Gasteiger partial charge in [0.2, 0.25) is 5.91 Å². The van der Waals surface area contributed by atoms with Gasteiger partial charge in [-0.1, -0.05) is 24.3 Å². The molecule has 2 aromatic carbocycles. The maximum Gasteiger partial charge on any atom is 0.387 e. The first-order valence-electron chi connectivity index (χ1n) is 8.78. The fraction of sp³-hybridized carbons (Fsp3) is 0.350. The summed E-state index contributed by atoms with van der Waals surface area (Å²) in [6.45, 7) is -1.52. The van der Waals surface area contributed by atoms with Gasteiger partial charge < -0.3 is 19.7 Å². The van der Waals surface area contributed by atoms with Gasteiger partial charge in [0, 0.05) is 18.8 Å². The minimum atomic E-state index is -2.92. The molecule has 0 radical (unpaired) electrons. The minimum absolute atomic E-state index is 0.0347. The van der Waals surface area contributed by atoms with Gasteiger partial charge in [-0.15, -0.1) is 0 Å². The van der Waals surface area contributed by atoms with Gasteiger partial charge in [0.05, 0.1) is 13.7 Å². The number of nitrogens with zero attached hydrogens (tertiary/aromatic N) is 1. The topological polar surface area (TPSA) is 50.8 Å². The predicted octanol–water partition coefficient (Wildman–Crippen LogP) is 3.37. The zero-order valence-electron chi connectivity index (χ0n) is 15.1. The van der Waals surface area contributed by atoms with Gasteiger partial charge >= 0.3 is 6.61 Å². The summed E-state index contributed by atoms with van der Waals surface area (Å²) in [5.74, 6) is 0.0677. The summed E-state index contributed by atoms with van der Waals surface area (Å²) in [5.41, 5.74) is 3.10. The van der Waals surface area contributed by atoms with E-state index >= 15 is 0 Å². The second-order valence-electron chi connectivity index (χ2n) is 6.29. The lowest BCUT2D eigenvalue weighted by molar-refractivity contribution is -0.119. The van der Waals surface area contributed by atoms with Crippen LogP contribution in [-0.2, 0) is 17.8 Å². The van der Waals surface area contributed by atoms with E-state index in [1.54, 1.807) is 12.1 Å². The molecule has 1 aliphatic rings. The van der Waals surface area contributed by atoms with Gasteiger partial charge in [-0.25, -0.2) is 0 Å². The summed E-state index contributed by atoms with van der Waals surface area (Å²) in [7, 11) is 1.38. The van der Waals surface area contributed by atoms with Crippen molar-refractivity contribution < 1.29 is 23.0 Å². The number of aryl methyl sites for hydroxylation is 1. The number of methoxy groups -OCH3 is 1. The number of carbonyl (C=O) groups excluding carboxylic acids is 1. The Morgan fingerprint density at radius 1 is 1.22 bits per heavy atom. The first-order valence-corrected chi connectivity index (χ1v) is 8.78. The highest BCUT2D eigenvalue weighted by Gasteiger charge is 2.18. The standard InChI is InChI=1S/C20H22F2N2O3/c1-26-18-11-14(8-9-17(18)27-20(21)22)12-23-19(25)13-24-10-4-6-15-5-2-3-7-16(15)24/h2-3,5,7-9,11,20H,4,6,10,12-13H2,1H3,(H,23,25). The zero-order valence-corrected chi connectivity index (χ0v) is 15.1. The number of carbonyl (C=O) groups is 1. The monoisotopic (exact) mass is 376 g/mol. The highest BCUT2D eigenvalue weighted by atomic mass is 19.3. The number of anilines is 1. The quantitative estimate of drug-likeness (QED) is 0.805. The van der Waals surface area contributed by atoms with Crippen LogP contribution in [0.2, 0.25) is 0 Å². The van der Waals surface area contributed by atoms with Crippen LogP contribution in [-0.4, -0.2) is 32.7 Å². The Bertz CT molecular complexity index is 799. The van der Waals surface area contributed by atoms with Gasteiger partial charge in [-0.2, -0.15) is 8.78 Å². The molecular formula is C20H22F2N2O3. The Hall–Kier alpha value is -2.83. The molecule has 5 nitrogen and oxygen atoms in total. The normalized spacial score (nSPS) is 13.3. The number of amides is 1. The average Bonchev–Trinajstić information content (AvgIpc) is 2.67. The maximum absolute atomic E-state index is 12.4. The molecule has 0 spiro atoms. The van der Waals surface area contributed by atoms with Crippen LogP contribution in [0.1, 0.15) is 17.5 Å². The van der Waals surface area contributed by atoms with Crippen molar-refractivity contribution in [3.63, 3.8) is 0 Å². The van der Waals surface area contributed by atoms with E-state index in [-0.39, 0.29) is 30.5 Å². The second-order valence-corrected chi connectivity index (χ2v) is 6.29. The zero-order chi connectivity index (χ0) is 19.2. The Kier molecular flexibility index (Phi) is 6.11. The number of hydrogen-bond acceptors (Lipinski definition) is 4. The number of para-hydroxylation sites is 1. The molecule has 7 heteroatoms. The fourth-order valence-electron chi connectivity index (χ4n) is 3.22. The first-order chi connectivity index (χ1) is 13.1. The van der Waals surface area contributed by atoms with Crippen molar-refractivity contribution in [1.29, 1.82) is 0 Å². The molecule has 1 amide bonds. The molecule has 27 heavy (non-hydrogen) atoms. The summed E-state index contributed by atoms with van der Waals surface area (Å²) in [6.07, 6.45) is 2.05. The number of nitrogens with one attached hydrogen (secondary N) is 1. The van der Waals surface area contributed by atoms with Gasteiger partial charge in [0.25, 0.3) is 0 Å². The smallest absolute Gasteiger partial charge is 0.387 e. The number of fused-ring (bicyclic) bond motifs is 1. The number of halogens is 2. The molecule has 2 aromatic rings. The number of benzene rings is 2. The molecule has 0 fully saturated rings. The molecule has 1 N–H and O–H groups in total. The SMILES string of the molecule is COc1cc(CNC(=O)CN2CCCc3ccccc32)ccc1OC(F)F. The molecule has 0 unspecified atom stereocenters. The number of alkyl halides is 2. The second kappa shape index (κ2) is 8.70. The van der Waals surface area contributed by atoms with Crippen LogP contribution in [0.25, 0.3) is 0 Å². The van der Waals surface area contributed by atoms with E-state index in [0.717, 1.165) is 30.6 Å². The van der Waals surface area contributed by atoms with Crippen molar-refractivity contribution in [2.24, 2.45) is 0 Å². The summed E-state index contributed by atoms with van der Waals surface area (Å²) >= 11 is 0. The third kappa shape index (κ3) is 4.87. The van der Waals surface area contributed by atoms with Crippen molar-refractivity contribution in [2.45, 2.75) is 26.0 Å². The van der Waals surface area contributed by atoms with Gasteiger partial charge in [0.1, 0.15) is 0 Å². The van der Waals surface area contributed by atoms with Crippen molar-refractivity contribution in [2.75, 3.05) is 25.1 Å². The molecule has 0 atom stereocenters. The summed E-state index contributed by atoms with van der Waals surface area (Å²) < 4.78 is 34.2. The lowest BCUT2D eigenvalue weighted by Gasteiger charge is -2.30. The lowest BCUT2D eigenvalue weighted by Crippen LogP contribution is -2.39. The average molecular weight is 376 g/mol. The Balaban J connectivity index is 1.58. The number of rotatable bonds is 7. The third-order valence-electron chi connectivity index (χ3n) is 4.47. The molecule has 144 valence electrons. The number of hydrogen-bond donors (Lipinski definition) is 1. The Morgan fingerprint density at radius 3 is 2.81 bits per heavy atom. The minimum Gasteiger partial charge on any atom is -0.493 e. The molecule has 1 aliphatic heterocycles. The Morgan fingerprint density at radius 2 is 2.04 bits per heavy atom. The van der Waals surface area contributed by atoms with Crippen molar-refractivity contribution in [1.82, 2.24) is 5.32 Å². The molecule has 1 heterocycles. The third-order valence-corrected chi connectivity index (χ3v) is 4.47. The van der Waals surface area contributed by atoms with E-state index < -0.39 is 6.61 Å². The molecule has 3 rings (SSSR count). The molecular weight excluding hydrogens is 354 g/mol. The van der Waals surface area contributed by atoms with E-state index in [4.69, 9.17) is 4.74 Å². The van der Waals surface area contributed by atoms with Crippen LogP contribution in [0, 0.1) is 0 Å². The summed E-state index contributed by atoms with van der Waals surface area (Å²) in [5, 5.41) is 2.86. The lowest BCUT2D eigenvalue weighted by atomic mass is 10.0. The molecule has 0 saturated carbocycles. The van der Waals surface area contributed by atoms with Crippen LogP contribution >= 0.6 is 0 Å². The molecule has 0 aliphatic carbocycles. The van der Waals surface area contributed by atoms with E-state index in [2.05, 4.69) is 21.0 Å². The fourth-order valence-corrected chi connectivity index (χ4v) is 3.22. The van der Waals surface area contributed by atoms with Crippen LogP contribution < -0.4 is 19.7 Å². The van der Waals surface area contributed by atoms with Gasteiger partial charge in [0.15, 0.2) is 11.5 Å². The highest BCUT2D eigenvalue weighted by Crippen LogP contribution is 2.29. The van der Waals surface area contributed by atoms with Gasteiger partial charge in [-0.05, 0) is 42.2 Å². The first kappa shape index (κ1) is 18.9. The number of ether oxygens (including phenoxy) is 2. The molecule has 0 saturated heterocycles. The van der Waals surface area contributed by atoms with E-state index in [0.29, 0.717) is 0 Å².